The smallest absolute Gasteiger partial charge is 0.257 e. The van der Waals surface area contributed by atoms with Crippen LogP contribution in [-0.4, -0.2) is 31.3 Å². The van der Waals surface area contributed by atoms with Crippen molar-refractivity contribution >= 4 is 43.7 Å². The van der Waals surface area contributed by atoms with Gasteiger partial charge in [-0.05, 0) is 34.1 Å². The third-order valence-electron chi connectivity index (χ3n) is 3.95. The van der Waals surface area contributed by atoms with E-state index < -0.39 is 0 Å². The molecule has 0 saturated carbocycles. The Labute approximate surface area is 135 Å². The van der Waals surface area contributed by atoms with E-state index in [4.69, 9.17) is 4.74 Å². The Morgan fingerprint density at radius 1 is 1.14 bits per heavy atom. The molecular weight excluding hydrogens is 346 g/mol. The molecule has 5 nitrogen and oxygen atoms in total. The first-order chi connectivity index (χ1) is 10.7. The Morgan fingerprint density at radius 2 is 1.91 bits per heavy atom. The fourth-order valence-corrected chi connectivity index (χ4v) is 3.44. The van der Waals surface area contributed by atoms with Gasteiger partial charge in [0.25, 0.3) is 5.52 Å². The van der Waals surface area contributed by atoms with E-state index in [1.54, 1.807) is 6.07 Å². The molecule has 0 atom stereocenters. The van der Waals surface area contributed by atoms with E-state index in [1.165, 1.54) is 0 Å². The molecule has 0 bridgehead atoms. The zero-order valence-corrected chi connectivity index (χ0v) is 13.4. The molecule has 2 heterocycles. The van der Waals surface area contributed by atoms with Gasteiger partial charge in [0.2, 0.25) is 5.52 Å². The van der Waals surface area contributed by atoms with E-state index in [-0.39, 0.29) is 0 Å². The molecule has 22 heavy (non-hydrogen) atoms. The molecule has 1 saturated heterocycles. The number of hydrogen-bond donors (Lipinski definition) is 0. The van der Waals surface area contributed by atoms with Crippen LogP contribution in [0.1, 0.15) is 0 Å². The van der Waals surface area contributed by atoms with Crippen molar-refractivity contribution in [3.8, 4) is 0 Å². The Hall–Kier alpha value is -1.92. The summed E-state index contributed by atoms with van der Waals surface area (Å²) in [5.74, 6) is 0. The van der Waals surface area contributed by atoms with E-state index in [2.05, 4.69) is 25.8 Å². The molecule has 0 unspecified atom stereocenters. The third kappa shape index (κ3) is 2.19. The van der Waals surface area contributed by atoms with Crippen molar-refractivity contribution in [1.82, 2.24) is 4.98 Å². The average Bonchev–Trinajstić information content (AvgIpc) is 2.55. The first-order valence-corrected chi connectivity index (χ1v) is 7.97. The Bertz CT molecular complexity index is 863. The molecule has 2 aromatic carbocycles. The molecule has 0 spiro atoms. The van der Waals surface area contributed by atoms with Crippen LogP contribution in [0.3, 0.4) is 0 Å². The van der Waals surface area contributed by atoms with Crippen molar-refractivity contribution in [2.24, 2.45) is 0 Å². The molecule has 1 aliphatic rings. The summed E-state index contributed by atoms with van der Waals surface area (Å²) in [6, 6.07) is 11.3. The number of nitrogens with zero attached hydrogens (tertiary/aromatic N) is 3. The molecule has 4 rings (SSSR count). The highest BCUT2D eigenvalue weighted by Crippen LogP contribution is 2.29. The van der Waals surface area contributed by atoms with E-state index in [9.17, 15) is 5.21 Å². The first-order valence-electron chi connectivity index (χ1n) is 7.18. The van der Waals surface area contributed by atoms with Gasteiger partial charge >= 0.3 is 0 Å². The standard InChI is InChI=1S/C16H14BrN3O2/c17-12-9-11(19-5-7-22-8-6-19)10-14-16(12)20(21)15-4-2-1-3-13(15)18-14/h1-4,9-10H,5-8H2. The maximum Gasteiger partial charge on any atom is 0.257 e. The van der Waals surface area contributed by atoms with Gasteiger partial charge in [0.1, 0.15) is 11.0 Å². The van der Waals surface area contributed by atoms with Gasteiger partial charge in [-0.1, -0.05) is 12.1 Å². The Morgan fingerprint density at radius 3 is 2.73 bits per heavy atom. The second kappa shape index (κ2) is 5.37. The van der Waals surface area contributed by atoms with E-state index in [0.29, 0.717) is 22.1 Å². The van der Waals surface area contributed by atoms with Gasteiger partial charge in [0.15, 0.2) is 0 Å². The molecule has 0 aliphatic carbocycles. The summed E-state index contributed by atoms with van der Waals surface area (Å²) >= 11 is 3.53. The van der Waals surface area contributed by atoms with Crippen LogP contribution in [0.4, 0.5) is 5.69 Å². The van der Waals surface area contributed by atoms with Crippen LogP contribution in [0.2, 0.25) is 0 Å². The number of benzene rings is 2. The highest BCUT2D eigenvalue weighted by atomic mass is 79.9. The second-order valence-electron chi connectivity index (χ2n) is 5.29. The number of morpholine rings is 1. The number of ether oxygens (including phenoxy) is 1. The largest absolute Gasteiger partial charge is 0.618 e. The lowest BCUT2D eigenvalue weighted by Crippen LogP contribution is -2.36. The van der Waals surface area contributed by atoms with Gasteiger partial charge < -0.3 is 14.8 Å². The van der Waals surface area contributed by atoms with Crippen LogP contribution >= 0.6 is 15.9 Å². The summed E-state index contributed by atoms with van der Waals surface area (Å²) in [6.45, 7) is 3.15. The van der Waals surface area contributed by atoms with Crippen LogP contribution in [0.15, 0.2) is 40.9 Å². The fourth-order valence-electron chi connectivity index (χ4n) is 2.84. The zero-order valence-electron chi connectivity index (χ0n) is 11.8. The van der Waals surface area contributed by atoms with E-state index >= 15 is 0 Å². The molecule has 0 radical (unpaired) electrons. The predicted octanol–water partition coefficient (Wildman–Crippen LogP) is 2.62. The Kier molecular flexibility index (Phi) is 3.35. The molecule has 1 aliphatic heterocycles. The highest BCUT2D eigenvalue weighted by Gasteiger charge is 2.19. The number of rotatable bonds is 1. The number of aromatic nitrogens is 2. The van der Waals surface area contributed by atoms with Crippen LogP contribution in [0.5, 0.6) is 0 Å². The maximum atomic E-state index is 12.6. The van der Waals surface area contributed by atoms with Crippen LogP contribution in [0, 0.1) is 5.21 Å². The topological polar surface area (TPSA) is 52.3 Å². The molecule has 0 N–H and O–H groups in total. The zero-order chi connectivity index (χ0) is 15.1. The number of anilines is 1. The van der Waals surface area contributed by atoms with Crippen LogP contribution in [-0.2, 0) is 4.74 Å². The first kappa shape index (κ1) is 13.7. The van der Waals surface area contributed by atoms with Crippen LogP contribution < -0.4 is 9.63 Å². The van der Waals surface area contributed by atoms with Crippen molar-refractivity contribution in [3.63, 3.8) is 0 Å². The molecule has 112 valence electrons. The Balaban J connectivity index is 1.95. The molecule has 1 fully saturated rings. The number of hydrogen-bond acceptors (Lipinski definition) is 4. The SMILES string of the molecule is [O-][n+]1c2ccccc2nc2cc(N3CCOCC3)cc(Br)c21. The van der Waals surface area contributed by atoms with Crippen molar-refractivity contribution < 1.29 is 9.47 Å². The molecule has 3 aromatic rings. The lowest BCUT2D eigenvalue weighted by atomic mass is 10.2. The molecule has 6 heteroatoms. The second-order valence-corrected chi connectivity index (χ2v) is 6.14. The number of fused-ring (bicyclic) bond motifs is 2. The van der Waals surface area contributed by atoms with Gasteiger partial charge in [-0.25, -0.2) is 4.98 Å². The average molecular weight is 360 g/mol. The van der Waals surface area contributed by atoms with E-state index in [1.807, 2.05) is 30.3 Å². The maximum absolute atomic E-state index is 12.6. The summed E-state index contributed by atoms with van der Waals surface area (Å²) in [7, 11) is 0. The van der Waals surface area contributed by atoms with Crippen molar-refractivity contribution in [2.45, 2.75) is 0 Å². The minimum absolute atomic E-state index is 0.565. The molecular formula is C16H14BrN3O2. The van der Waals surface area contributed by atoms with Crippen molar-refractivity contribution in [3.05, 3.63) is 46.1 Å². The molecule has 1 aromatic heterocycles. The van der Waals surface area contributed by atoms with Gasteiger partial charge in [-0.2, -0.15) is 4.73 Å². The van der Waals surface area contributed by atoms with Gasteiger partial charge in [0.05, 0.1) is 17.7 Å². The number of halogens is 1. The van der Waals surface area contributed by atoms with Gasteiger partial charge in [0, 0.05) is 24.8 Å². The third-order valence-corrected chi connectivity index (χ3v) is 4.55. The van der Waals surface area contributed by atoms with Gasteiger partial charge in [-0.3, -0.25) is 0 Å². The molecule has 0 amide bonds. The predicted molar refractivity (Wildman–Crippen MR) is 88.9 cm³/mol. The summed E-state index contributed by atoms with van der Waals surface area (Å²) < 4.78 is 7.11. The fraction of sp³-hybridized carbons (Fsp3) is 0.250. The quantitative estimate of drug-likeness (QED) is 0.380. The van der Waals surface area contributed by atoms with Gasteiger partial charge in [-0.15, -0.1) is 0 Å². The lowest BCUT2D eigenvalue weighted by molar-refractivity contribution is -0.548. The summed E-state index contributed by atoms with van der Waals surface area (Å²) in [6.07, 6.45) is 0. The van der Waals surface area contributed by atoms with Crippen molar-refractivity contribution in [2.75, 3.05) is 31.2 Å². The van der Waals surface area contributed by atoms with Crippen molar-refractivity contribution in [1.29, 1.82) is 0 Å². The van der Waals surface area contributed by atoms with Crippen LogP contribution in [0.25, 0.3) is 22.1 Å². The number of para-hydroxylation sites is 2. The minimum Gasteiger partial charge on any atom is -0.618 e. The van der Waals surface area contributed by atoms with E-state index in [0.717, 1.165) is 41.2 Å². The lowest BCUT2D eigenvalue weighted by Gasteiger charge is -2.29. The highest BCUT2D eigenvalue weighted by molar-refractivity contribution is 9.10. The summed E-state index contributed by atoms with van der Waals surface area (Å²) in [4.78, 5) is 6.90. The summed E-state index contributed by atoms with van der Waals surface area (Å²) in [5, 5.41) is 12.6. The monoisotopic (exact) mass is 359 g/mol. The normalized spacial score (nSPS) is 15.6. The minimum atomic E-state index is 0.565. The summed E-state index contributed by atoms with van der Waals surface area (Å²) in [5.41, 5.74) is 3.61.